The predicted molar refractivity (Wildman–Crippen MR) is 113 cm³/mol. The van der Waals surface area contributed by atoms with Gasteiger partial charge in [-0.1, -0.05) is 94.8 Å². The highest BCUT2D eigenvalue weighted by Gasteiger charge is 2.19. The molecule has 28 heavy (non-hydrogen) atoms. The van der Waals surface area contributed by atoms with Gasteiger partial charge in [0.2, 0.25) is 11.8 Å². The summed E-state index contributed by atoms with van der Waals surface area (Å²) < 4.78 is 0.819. The fourth-order valence-corrected chi connectivity index (χ4v) is 3.40. The van der Waals surface area contributed by atoms with Gasteiger partial charge in [0.15, 0.2) is 0 Å². The fraction of sp³-hybridized carbons (Fsp3) is 0.130. The zero-order chi connectivity index (χ0) is 19.8. The molecule has 0 aliphatic rings. The maximum atomic E-state index is 12.6. The number of nitrogens with one attached hydrogen (secondary N) is 2. The van der Waals surface area contributed by atoms with Crippen LogP contribution in [-0.4, -0.2) is 11.8 Å². The topological polar surface area (TPSA) is 58.2 Å². The molecule has 5 heteroatoms. The second kappa shape index (κ2) is 9.85. The summed E-state index contributed by atoms with van der Waals surface area (Å²) in [5.74, 6) is -0.320. The number of rotatable bonds is 7. The Balaban J connectivity index is 1.72. The van der Waals surface area contributed by atoms with E-state index in [0.29, 0.717) is 0 Å². The first kappa shape index (κ1) is 19.8. The number of halogens is 1. The molecule has 0 aliphatic carbocycles. The average Bonchev–Trinajstić information content (AvgIpc) is 2.69. The third-order valence-corrected chi connectivity index (χ3v) is 4.96. The van der Waals surface area contributed by atoms with Gasteiger partial charge in [0.1, 0.15) is 6.17 Å². The Morgan fingerprint density at radius 3 is 1.57 bits per heavy atom. The van der Waals surface area contributed by atoms with Crippen molar-refractivity contribution < 1.29 is 9.59 Å². The van der Waals surface area contributed by atoms with Gasteiger partial charge in [-0.2, -0.15) is 0 Å². The largest absolute Gasteiger partial charge is 0.332 e. The van der Waals surface area contributed by atoms with E-state index in [9.17, 15) is 9.59 Å². The summed E-state index contributed by atoms with van der Waals surface area (Å²) in [6.07, 6.45) is -0.129. The third kappa shape index (κ3) is 5.79. The van der Waals surface area contributed by atoms with Crippen molar-refractivity contribution in [3.8, 4) is 0 Å². The van der Waals surface area contributed by atoms with E-state index in [1.54, 1.807) is 0 Å². The molecule has 0 radical (unpaired) electrons. The van der Waals surface area contributed by atoms with E-state index < -0.39 is 6.17 Å². The van der Waals surface area contributed by atoms with Gasteiger partial charge >= 0.3 is 0 Å². The van der Waals surface area contributed by atoms with Crippen LogP contribution in [0.4, 0.5) is 0 Å². The van der Waals surface area contributed by atoms with Crippen molar-refractivity contribution in [2.75, 3.05) is 0 Å². The van der Waals surface area contributed by atoms with Crippen molar-refractivity contribution in [1.82, 2.24) is 10.6 Å². The van der Waals surface area contributed by atoms with Crippen LogP contribution in [0.2, 0.25) is 0 Å². The van der Waals surface area contributed by atoms with Crippen molar-refractivity contribution in [3.63, 3.8) is 0 Å². The van der Waals surface area contributed by atoms with Gasteiger partial charge < -0.3 is 10.6 Å². The fourth-order valence-electron chi connectivity index (χ4n) is 2.89. The molecule has 0 saturated carbocycles. The molecule has 0 saturated heterocycles. The Kier molecular flexibility index (Phi) is 6.98. The number of amides is 2. The first-order chi connectivity index (χ1) is 13.6. The zero-order valence-corrected chi connectivity index (χ0v) is 16.9. The van der Waals surface area contributed by atoms with Crippen molar-refractivity contribution in [1.29, 1.82) is 0 Å². The monoisotopic (exact) mass is 436 g/mol. The lowest BCUT2D eigenvalue weighted by Crippen LogP contribution is -2.42. The maximum Gasteiger partial charge on any atom is 0.226 e. The van der Waals surface area contributed by atoms with E-state index in [-0.39, 0.29) is 24.7 Å². The van der Waals surface area contributed by atoms with Crippen LogP contribution < -0.4 is 10.6 Å². The van der Waals surface area contributed by atoms with Gasteiger partial charge in [0.25, 0.3) is 0 Å². The molecule has 0 atom stereocenters. The Morgan fingerprint density at radius 2 is 1.11 bits per heavy atom. The minimum atomic E-state index is -0.622. The van der Waals surface area contributed by atoms with Crippen molar-refractivity contribution in [2.45, 2.75) is 19.0 Å². The summed E-state index contributed by atoms with van der Waals surface area (Å²) in [6, 6.07) is 26.6. The normalized spacial score (nSPS) is 10.5. The Hall–Kier alpha value is -2.92. The SMILES string of the molecule is O=C(Cc1ccccc1)NC(NC(=O)Cc1ccccc1)c1ccccc1Br. The molecular weight excluding hydrogens is 416 g/mol. The summed E-state index contributed by atoms with van der Waals surface area (Å²) in [5.41, 5.74) is 2.63. The molecule has 3 aromatic carbocycles. The summed E-state index contributed by atoms with van der Waals surface area (Å²) in [7, 11) is 0. The molecule has 4 nitrogen and oxygen atoms in total. The lowest BCUT2D eigenvalue weighted by Gasteiger charge is -2.22. The van der Waals surface area contributed by atoms with Crippen LogP contribution in [0.15, 0.2) is 89.4 Å². The average molecular weight is 437 g/mol. The summed E-state index contributed by atoms with van der Waals surface area (Å²) in [5, 5.41) is 5.88. The van der Waals surface area contributed by atoms with E-state index in [4.69, 9.17) is 0 Å². The van der Waals surface area contributed by atoms with E-state index in [1.165, 1.54) is 0 Å². The molecule has 2 amide bonds. The number of hydrogen-bond donors (Lipinski definition) is 2. The van der Waals surface area contributed by atoms with Gasteiger partial charge in [-0.25, -0.2) is 0 Å². The van der Waals surface area contributed by atoms with Crippen molar-refractivity contribution in [3.05, 3.63) is 106 Å². The van der Waals surface area contributed by atoms with Crippen LogP contribution >= 0.6 is 15.9 Å². The molecule has 0 aliphatic heterocycles. The van der Waals surface area contributed by atoms with Crippen molar-refractivity contribution in [2.24, 2.45) is 0 Å². The van der Waals surface area contributed by atoms with Gasteiger partial charge in [-0.3, -0.25) is 9.59 Å². The molecule has 3 aromatic rings. The highest BCUT2D eigenvalue weighted by atomic mass is 79.9. The van der Waals surface area contributed by atoms with Crippen molar-refractivity contribution >= 4 is 27.7 Å². The standard InChI is InChI=1S/C23H21BrN2O2/c24-20-14-8-7-13-19(20)23(25-21(27)15-17-9-3-1-4-10-17)26-22(28)16-18-11-5-2-6-12-18/h1-14,23H,15-16H2,(H,25,27)(H,26,28). The molecule has 3 rings (SSSR count). The van der Waals surface area contributed by atoms with Crippen LogP contribution in [-0.2, 0) is 22.4 Å². The van der Waals surface area contributed by atoms with Crippen LogP contribution in [0, 0.1) is 0 Å². The van der Waals surface area contributed by atoms with Crippen LogP contribution in [0.5, 0.6) is 0 Å². The molecule has 0 unspecified atom stereocenters. The molecule has 142 valence electrons. The van der Waals surface area contributed by atoms with E-state index >= 15 is 0 Å². The smallest absolute Gasteiger partial charge is 0.226 e. The molecule has 0 spiro atoms. The minimum Gasteiger partial charge on any atom is -0.332 e. The highest BCUT2D eigenvalue weighted by Crippen LogP contribution is 2.22. The van der Waals surface area contributed by atoms with Gasteiger partial charge in [0, 0.05) is 10.0 Å². The lowest BCUT2D eigenvalue weighted by atomic mass is 10.1. The summed E-state index contributed by atoms with van der Waals surface area (Å²) in [6.45, 7) is 0. The van der Waals surface area contributed by atoms with Crippen LogP contribution in [0.25, 0.3) is 0 Å². The van der Waals surface area contributed by atoms with E-state index in [1.807, 2.05) is 84.9 Å². The Morgan fingerprint density at radius 1 is 0.679 bits per heavy atom. The summed E-state index contributed by atoms with van der Waals surface area (Å²) in [4.78, 5) is 25.1. The Bertz CT molecular complexity index is 874. The molecule has 0 fully saturated rings. The second-order valence-electron chi connectivity index (χ2n) is 6.41. The maximum absolute atomic E-state index is 12.6. The molecular formula is C23H21BrN2O2. The van der Waals surface area contributed by atoms with E-state index in [0.717, 1.165) is 21.2 Å². The van der Waals surface area contributed by atoms with E-state index in [2.05, 4.69) is 26.6 Å². The minimum absolute atomic E-state index is 0.160. The first-order valence-electron chi connectivity index (χ1n) is 9.03. The zero-order valence-electron chi connectivity index (χ0n) is 15.3. The summed E-state index contributed by atoms with van der Waals surface area (Å²) >= 11 is 3.51. The van der Waals surface area contributed by atoms with Crippen LogP contribution in [0.1, 0.15) is 22.9 Å². The Labute approximate surface area is 173 Å². The predicted octanol–water partition coefficient (Wildman–Crippen LogP) is 4.17. The molecule has 2 N–H and O–H groups in total. The number of carbonyl (C=O) groups excluding carboxylic acids is 2. The first-order valence-corrected chi connectivity index (χ1v) is 9.82. The molecule has 0 heterocycles. The lowest BCUT2D eigenvalue weighted by molar-refractivity contribution is -0.123. The highest BCUT2D eigenvalue weighted by molar-refractivity contribution is 9.10. The quantitative estimate of drug-likeness (QED) is 0.546. The van der Waals surface area contributed by atoms with Gasteiger partial charge in [-0.05, 0) is 17.2 Å². The van der Waals surface area contributed by atoms with Crippen LogP contribution in [0.3, 0.4) is 0 Å². The molecule has 0 bridgehead atoms. The second-order valence-corrected chi connectivity index (χ2v) is 7.27. The number of benzene rings is 3. The number of carbonyl (C=O) groups is 2. The third-order valence-electron chi connectivity index (χ3n) is 4.24. The van der Waals surface area contributed by atoms with Gasteiger partial charge in [-0.15, -0.1) is 0 Å². The van der Waals surface area contributed by atoms with Gasteiger partial charge in [0.05, 0.1) is 12.8 Å². The molecule has 0 aromatic heterocycles. The number of hydrogen-bond acceptors (Lipinski definition) is 2.